The van der Waals surface area contributed by atoms with Crippen molar-refractivity contribution in [3.05, 3.63) is 23.6 Å². The largest absolute Gasteiger partial charge is 0.0750 e. The molecule has 0 radical (unpaired) electrons. The maximum absolute atomic E-state index is 3.03. The van der Waals surface area contributed by atoms with Gasteiger partial charge in [0.05, 0.1) is 0 Å². The Morgan fingerprint density at radius 1 is 1.18 bits per heavy atom. The summed E-state index contributed by atoms with van der Waals surface area (Å²) < 4.78 is 0. The van der Waals surface area contributed by atoms with Crippen molar-refractivity contribution in [2.24, 2.45) is 5.41 Å². The highest BCUT2D eigenvalue weighted by Crippen LogP contribution is 2.12. The van der Waals surface area contributed by atoms with Crippen molar-refractivity contribution in [1.29, 1.82) is 0 Å². The first-order valence-electron chi connectivity index (χ1n) is 4.23. The first-order chi connectivity index (χ1) is 5.06. The Bertz CT molecular complexity index is 179. The second-order valence-electron chi connectivity index (χ2n) is 3.79. The average molecular weight is 150 g/mol. The first kappa shape index (κ1) is 10.3. The lowest BCUT2D eigenvalue weighted by Crippen LogP contribution is -1.96. The molecule has 0 spiro atoms. The zero-order valence-corrected chi connectivity index (χ0v) is 8.07. The van der Waals surface area contributed by atoms with E-state index in [2.05, 4.69) is 39.2 Å². The molecule has 0 unspecified atom stereocenters. The van der Waals surface area contributed by atoms with Gasteiger partial charge in [-0.05, 0) is 24.0 Å². The van der Waals surface area contributed by atoms with E-state index < -0.39 is 0 Å². The highest BCUT2D eigenvalue weighted by atomic mass is 14.1. The van der Waals surface area contributed by atoms with Gasteiger partial charge in [-0.25, -0.2) is 0 Å². The Hall–Kier alpha value is -0.700. The van der Waals surface area contributed by atoms with Gasteiger partial charge in [0.2, 0.25) is 0 Å². The molecular weight excluding hydrogens is 132 g/mol. The van der Waals surface area contributed by atoms with E-state index in [0.29, 0.717) is 0 Å². The van der Waals surface area contributed by atoms with Crippen molar-refractivity contribution < 1.29 is 0 Å². The molecule has 0 aliphatic heterocycles. The van der Waals surface area contributed by atoms with Crippen LogP contribution >= 0.6 is 0 Å². The van der Waals surface area contributed by atoms with Crippen molar-refractivity contribution in [3.8, 4) is 0 Å². The molecule has 0 nitrogen and oxygen atoms in total. The SMILES string of the molecule is CCCC=C=C=CC(C)(C)C. The van der Waals surface area contributed by atoms with Crippen molar-refractivity contribution >= 4 is 0 Å². The van der Waals surface area contributed by atoms with Gasteiger partial charge in [-0.15, -0.1) is 0 Å². The van der Waals surface area contributed by atoms with E-state index in [1.165, 1.54) is 6.42 Å². The summed E-state index contributed by atoms with van der Waals surface area (Å²) in [7, 11) is 0. The molecule has 0 heteroatoms. The molecule has 0 N–H and O–H groups in total. The van der Waals surface area contributed by atoms with Gasteiger partial charge in [0.25, 0.3) is 0 Å². The maximum atomic E-state index is 3.03. The lowest BCUT2D eigenvalue weighted by molar-refractivity contribution is 0.545. The lowest BCUT2D eigenvalue weighted by Gasteiger charge is -2.07. The predicted molar refractivity (Wildman–Crippen MR) is 50.5 cm³/mol. The van der Waals surface area contributed by atoms with Crippen LogP contribution in [0.25, 0.3) is 0 Å². The molecule has 0 atom stereocenters. The number of hydrogen-bond donors (Lipinski definition) is 0. The topological polar surface area (TPSA) is 0 Å². The molecule has 62 valence electrons. The molecular formula is C11H18. The van der Waals surface area contributed by atoms with Crippen LogP contribution in [-0.4, -0.2) is 0 Å². The quantitative estimate of drug-likeness (QED) is 0.526. The number of unbranched alkanes of at least 4 members (excludes halogenated alkanes) is 1. The normalized spacial score (nSPS) is 9.82. The van der Waals surface area contributed by atoms with Gasteiger partial charge < -0.3 is 0 Å². The third-order valence-electron chi connectivity index (χ3n) is 1.12. The first-order valence-corrected chi connectivity index (χ1v) is 4.23. The van der Waals surface area contributed by atoms with Gasteiger partial charge in [-0.1, -0.05) is 45.6 Å². The van der Waals surface area contributed by atoms with E-state index in [4.69, 9.17) is 0 Å². The summed E-state index contributed by atoms with van der Waals surface area (Å²) in [6.07, 6.45) is 6.36. The fraction of sp³-hybridized carbons (Fsp3) is 0.636. The van der Waals surface area contributed by atoms with Crippen LogP contribution in [0.1, 0.15) is 40.5 Å². The van der Waals surface area contributed by atoms with Crippen LogP contribution in [0.4, 0.5) is 0 Å². The van der Waals surface area contributed by atoms with Gasteiger partial charge in [0.1, 0.15) is 0 Å². The monoisotopic (exact) mass is 150 g/mol. The lowest BCUT2D eigenvalue weighted by atomic mass is 9.97. The number of hydrogen-bond acceptors (Lipinski definition) is 0. The molecule has 0 aromatic carbocycles. The van der Waals surface area contributed by atoms with Gasteiger partial charge >= 0.3 is 0 Å². The zero-order valence-electron chi connectivity index (χ0n) is 8.07. The minimum absolute atomic E-state index is 0.229. The summed E-state index contributed by atoms with van der Waals surface area (Å²) >= 11 is 0. The standard InChI is InChI=1S/C11H18/c1-5-6-7-8-9-10-11(2,3)4/h7,10H,5-6H2,1-4H3. The zero-order chi connectivity index (χ0) is 8.74. The minimum atomic E-state index is 0.229. The van der Waals surface area contributed by atoms with E-state index in [9.17, 15) is 0 Å². The van der Waals surface area contributed by atoms with E-state index in [1.807, 2.05) is 12.2 Å². The maximum Gasteiger partial charge on any atom is -0.0121 e. The van der Waals surface area contributed by atoms with Crippen molar-refractivity contribution in [2.75, 3.05) is 0 Å². The highest BCUT2D eigenvalue weighted by Gasteiger charge is 2.01. The Labute approximate surface area is 70.3 Å². The van der Waals surface area contributed by atoms with Crippen LogP contribution < -0.4 is 0 Å². The molecule has 0 aromatic heterocycles. The van der Waals surface area contributed by atoms with E-state index in [-0.39, 0.29) is 5.41 Å². The Balaban J connectivity index is 4.00. The molecule has 11 heavy (non-hydrogen) atoms. The van der Waals surface area contributed by atoms with Crippen LogP contribution in [-0.2, 0) is 0 Å². The predicted octanol–water partition coefficient (Wildman–Crippen LogP) is 3.70. The third-order valence-corrected chi connectivity index (χ3v) is 1.12. The van der Waals surface area contributed by atoms with E-state index >= 15 is 0 Å². The highest BCUT2D eigenvalue weighted by molar-refractivity contribution is 4.93. The fourth-order valence-electron chi connectivity index (χ4n) is 0.534. The molecule has 0 amide bonds. The van der Waals surface area contributed by atoms with Gasteiger partial charge in [0.15, 0.2) is 0 Å². The van der Waals surface area contributed by atoms with Crippen molar-refractivity contribution in [2.45, 2.75) is 40.5 Å². The van der Waals surface area contributed by atoms with Crippen LogP contribution in [0, 0.1) is 5.41 Å². The summed E-state index contributed by atoms with van der Waals surface area (Å²) in [6.45, 7) is 8.62. The van der Waals surface area contributed by atoms with E-state index in [1.54, 1.807) is 0 Å². The van der Waals surface area contributed by atoms with Crippen molar-refractivity contribution in [3.63, 3.8) is 0 Å². The smallest absolute Gasteiger partial charge is 0.0121 e. The van der Waals surface area contributed by atoms with Gasteiger partial charge in [-0.2, -0.15) is 0 Å². The second-order valence-corrected chi connectivity index (χ2v) is 3.79. The molecule has 0 saturated heterocycles. The molecule has 0 aromatic rings. The molecule has 0 aliphatic rings. The fourth-order valence-corrected chi connectivity index (χ4v) is 0.534. The Morgan fingerprint density at radius 3 is 2.27 bits per heavy atom. The summed E-state index contributed by atoms with van der Waals surface area (Å²) in [5.41, 5.74) is 6.27. The minimum Gasteiger partial charge on any atom is -0.0750 e. The van der Waals surface area contributed by atoms with Crippen LogP contribution in [0.15, 0.2) is 23.6 Å². The van der Waals surface area contributed by atoms with Crippen LogP contribution in [0.5, 0.6) is 0 Å². The summed E-state index contributed by atoms with van der Waals surface area (Å²) in [4.78, 5) is 0. The molecule has 0 bridgehead atoms. The van der Waals surface area contributed by atoms with E-state index in [0.717, 1.165) is 6.42 Å². The second kappa shape index (κ2) is 5.02. The Morgan fingerprint density at radius 2 is 1.82 bits per heavy atom. The molecule has 0 fully saturated rings. The van der Waals surface area contributed by atoms with Crippen molar-refractivity contribution in [1.82, 2.24) is 0 Å². The van der Waals surface area contributed by atoms with Crippen LogP contribution in [0.2, 0.25) is 0 Å². The van der Waals surface area contributed by atoms with Gasteiger partial charge in [0, 0.05) is 0 Å². The number of allylic oxidation sites excluding steroid dienone is 2. The summed E-state index contributed by atoms with van der Waals surface area (Å²) in [5, 5.41) is 0. The third kappa shape index (κ3) is 9.30. The molecule has 0 rings (SSSR count). The average Bonchev–Trinajstić information content (AvgIpc) is 1.85. The van der Waals surface area contributed by atoms with Gasteiger partial charge in [-0.3, -0.25) is 0 Å². The molecule has 0 saturated carbocycles. The Kier molecular flexibility index (Phi) is 4.70. The molecule has 0 heterocycles. The summed E-state index contributed by atoms with van der Waals surface area (Å²) in [6, 6.07) is 0. The molecule has 0 aliphatic carbocycles. The number of rotatable bonds is 2. The summed E-state index contributed by atoms with van der Waals surface area (Å²) in [5.74, 6) is 0. The van der Waals surface area contributed by atoms with Crippen LogP contribution in [0.3, 0.4) is 0 Å².